The van der Waals surface area contributed by atoms with Gasteiger partial charge in [-0.1, -0.05) is 24.6 Å². The number of hydrogen-bond acceptors (Lipinski definition) is 3. The average Bonchev–Trinajstić information content (AvgIpc) is 2.77. The van der Waals surface area contributed by atoms with Crippen molar-refractivity contribution in [3.8, 4) is 5.75 Å². The molecule has 1 aromatic carbocycles. The fourth-order valence-electron chi connectivity index (χ4n) is 2.22. The lowest BCUT2D eigenvalue weighted by Crippen LogP contribution is -2.40. The van der Waals surface area contributed by atoms with Gasteiger partial charge >= 0.3 is 6.09 Å². The summed E-state index contributed by atoms with van der Waals surface area (Å²) in [5.74, 6) is 0.696. The van der Waals surface area contributed by atoms with Crippen molar-refractivity contribution in [3.63, 3.8) is 0 Å². The number of para-hydroxylation sites is 1. The summed E-state index contributed by atoms with van der Waals surface area (Å²) >= 11 is 0. The van der Waals surface area contributed by atoms with Crippen LogP contribution in [0.4, 0.5) is 4.79 Å². The molecule has 0 bridgehead atoms. The summed E-state index contributed by atoms with van der Waals surface area (Å²) in [6.07, 6.45) is 2.48. The van der Waals surface area contributed by atoms with E-state index in [-0.39, 0.29) is 18.6 Å². The Kier molecular flexibility index (Phi) is 3.98. The smallest absolute Gasteiger partial charge is 0.410 e. The van der Waals surface area contributed by atoms with E-state index in [4.69, 9.17) is 9.84 Å². The minimum absolute atomic E-state index is 0.0382. The molecule has 0 radical (unpaired) electrons. The van der Waals surface area contributed by atoms with Gasteiger partial charge in [0, 0.05) is 18.6 Å². The van der Waals surface area contributed by atoms with Crippen molar-refractivity contribution < 1.29 is 14.6 Å². The van der Waals surface area contributed by atoms with Gasteiger partial charge in [-0.25, -0.2) is 4.79 Å². The van der Waals surface area contributed by atoms with Crippen LogP contribution in [0.3, 0.4) is 0 Å². The van der Waals surface area contributed by atoms with Gasteiger partial charge in [-0.2, -0.15) is 0 Å². The normalized spacial score (nSPS) is 23.4. The summed E-state index contributed by atoms with van der Waals surface area (Å²) in [4.78, 5) is 11.6. The number of carbonyl (C=O) groups excluding carboxylic acids is 1. The van der Waals surface area contributed by atoms with Crippen LogP contribution in [0.2, 0.25) is 0 Å². The number of benzene rings is 1. The summed E-state index contributed by atoms with van der Waals surface area (Å²) in [6, 6.07) is 9.00. The molecule has 1 aromatic rings. The van der Waals surface area contributed by atoms with Gasteiger partial charge in [-0.05, 0) is 25.0 Å². The zero-order valence-electron chi connectivity index (χ0n) is 9.63. The molecule has 2 unspecified atom stereocenters. The predicted octanol–water partition coefficient (Wildman–Crippen LogP) is 1.94. The minimum atomic E-state index is -0.443. The summed E-state index contributed by atoms with van der Waals surface area (Å²) in [5.41, 5.74) is 0. The van der Waals surface area contributed by atoms with Crippen LogP contribution in [-0.4, -0.2) is 23.8 Å². The third-order valence-electron chi connectivity index (χ3n) is 3.15. The van der Waals surface area contributed by atoms with Crippen LogP contribution in [-0.2, 0) is 0 Å². The topological polar surface area (TPSA) is 58.6 Å². The van der Waals surface area contributed by atoms with E-state index in [9.17, 15) is 4.79 Å². The summed E-state index contributed by atoms with van der Waals surface area (Å²) in [7, 11) is 0. The zero-order chi connectivity index (χ0) is 12.1. The maximum atomic E-state index is 11.6. The number of ether oxygens (including phenoxy) is 1. The first-order valence-electron chi connectivity index (χ1n) is 5.94. The summed E-state index contributed by atoms with van der Waals surface area (Å²) in [5, 5.41) is 12.0. The van der Waals surface area contributed by atoms with Crippen LogP contribution in [0, 0.1) is 5.92 Å². The van der Waals surface area contributed by atoms with E-state index in [0.29, 0.717) is 5.75 Å². The quantitative estimate of drug-likeness (QED) is 0.841. The highest BCUT2D eigenvalue weighted by Crippen LogP contribution is 2.25. The molecular weight excluding hydrogens is 218 g/mol. The number of aliphatic hydroxyl groups excluding tert-OH is 1. The molecule has 0 spiro atoms. The molecule has 2 atom stereocenters. The molecule has 0 heterocycles. The molecule has 1 fully saturated rings. The van der Waals surface area contributed by atoms with Crippen molar-refractivity contribution in [1.82, 2.24) is 5.32 Å². The number of carbonyl (C=O) groups is 1. The number of aliphatic hydroxyl groups is 1. The van der Waals surface area contributed by atoms with Crippen LogP contribution < -0.4 is 10.1 Å². The molecule has 1 amide bonds. The Balaban J connectivity index is 1.85. The third-order valence-corrected chi connectivity index (χ3v) is 3.15. The van der Waals surface area contributed by atoms with E-state index >= 15 is 0 Å². The second-order valence-corrected chi connectivity index (χ2v) is 4.33. The Hall–Kier alpha value is -1.55. The fraction of sp³-hybridized carbons (Fsp3) is 0.462. The molecule has 0 aliphatic heterocycles. The first-order valence-corrected chi connectivity index (χ1v) is 5.94. The van der Waals surface area contributed by atoms with Crippen LogP contribution >= 0.6 is 0 Å². The number of amides is 1. The van der Waals surface area contributed by atoms with Crippen molar-refractivity contribution in [2.24, 2.45) is 5.92 Å². The van der Waals surface area contributed by atoms with E-state index in [1.54, 1.807) is 12.1 Å². The Bertz CT molecular complexity index is 366. The minimum Gasteiger partial charge on any atom is -0.410 e. The lowest BCUT2D eigenvalue weighted by molar-refractivity contribution is 0.177. The van der Waals surface area contributed by atoms with Crippen molar-refractivity contribution in [3.05, 3.63) is 30.3 Å². The summed E-state index contributed by atoms with van der Waals surface area (Å²) < 4.78 is 5.14. The molecule has 92 valence electrons. The molecule has 1 saturated carbocycles. The lowest BCUT2D eigenvalue weighted by atomic mass is 10.1. The second kappa shape index (κ2) is 5.68. The first-order chi connectivity index (χ1) is 8.29. The van der Waals surface area contributed by atoms with Gasteiger partial charge in [0.2, 0.25) is 0 Å². The lowest BCUT2D eigenvalue weighted by Gasteiger charge is -2.18. The molecule has 4 nitrogen and oxygen atoms in total. The number of rotatable bonds is 3. The van der Waals surface area contributed by atoms with Gasteiger partial charge in [0.1, 0.15) is 5.75 Å². The Morgan fingerprint density at radius 3 is 2.82 bits per heavy atom. The van der Waals surface area contributed by atoms with Gasteiger partial charge in [0.25, 0.3) is 0 Å². The van der Waals surface area contributed by atoms with Gasteiger partial charge < -0.3 is 15.2 Å². The molecule has 1 aliphatic carbocycles. The van der Waals surface area contributed by atoms with Gasteiger partial charge in [-0.3, -0.25) is 0 Å². The standard InChI is InChI=1S/C13H17NO3/c15-9-10-5-4-8-12(10)14-13(16)17-11-6-2-1-3-7-11/h1-3,6-7,10,12,15H,4-5,8-9H2,(H,14,16). The van der Waals surface area contributed by atoms with Crippen LogP contribution in [0.1, 0.15) is 19.3 Å². The van der Waals surface area contributed by atoms with Crippen molar-refractivity contribution >= 4 is 6.09 Å². The molecular formula is C13H17NO3. The molecule has 4 heteroatoms. The average molecular weight is 235 g/mol. The van der Waals surface area contributed by atoms with Crippen LogP contribution in [0.5, 0.6) is 5.75 Å². The molecule has 2 N–H and O–H groups in total. The van der Waals surface area contributed by atoms with Crippen LogP contribution in [0.25, 0.3) is 0 Å². The zero-order valence-corrected chi connectivity index (χ0v) is 9.63. The monoisotopic (exact) mass is 235 g/mol. The Labute approximate surface area is 101 Å². The van der Waals surface area contributed by atoms with Gasteiger partial charge in [0.05, 0.1) is 0 Å². The van der Waals surface area contributed by atoms with Crippen molar-refractivity contribution in [2.45, 2.75) is 25.3 Å². The maximum Gasteiger partial charge on any atom is 0.412 e. The molecule has 17 heavy (non-hydrogen) atoms. The highest BCUT2D eigenvalue weighted by molar-refractivity contribution is 5.70. The van der Waals surface area contributed by atoms with Gasteiger partial charge in [-0.15, -0.1) is 0 Å². The van der Waals surface area contributed by atoms with Crippen LogP contribution in [0.15, 0.2) is 30.3 Å². The van der Waals surface area contributed by atoms with Crippen molar-refractivity contribution in [2.75, 3.05) is 6.61 Å². The van der Waals surface area contributed by atoms with E-state index < -0.39 is 6.09 Å². The summed E-state index contributed by atoms with van der Waals surface area (Å²) in [6.45, 7) is 0.121. The molecule has 2 rings (SSSR count). The molecule has 0 saturated heterocycles. The van der Waals surface area contributed by atoms with E-state index in [1.165, 1.54) is 0 Å². The van der Waals surface area contributed by atoms with Gasteiger partial charge in [0.15, 0.2) is 0 Å². The highest BCUT2D eigenvalue weighted by atomic mass is 16.6. The van der Waals surface area contributed by atoms with E-state index in [2.05, 4.69) is 5.32 Å². The molecule has 1 aliphatic rings. The number of hydrogen-bond donors (Lipinski definition) is 2. The second-order valence-electron chi connectivity index (χ2n) is 4.33. The maximum absolute atomic E-state index is 11.6. The Morgan fingerprint density at radius 1 is 1.35 bits per heavy atom. The van der Waals surface area contributed by atoms with Crippen molar-refractivity contribution in [1.29, 1.82) is 0 Å². The van der Waals surface area contributed by atoms with E-state index in [0.717, 1.165) is 19.3 Å². The first kappa shape index (κ1) is 11.9. The predicted molar refractivity (Wildman–Crippen MR) is 63.8 cm³/mol. The Morgan fingerprint density at radius 2 is 2.12 bits per heavy atom. The number of nitrogens with one attached hydrogen (secondary N) is 1. The fourth-order valence-corrected chi connectivity index (χ4v) is 2.22. The SMILES string of the molecule is O=C(NC1CCCC1CO)Oc1ccccc1. The highest BCUT2D eigenvalue weighted by Gasteiger charge is 2.28. The van der Waals surface area contributed by atoms with E-state index in [1.807, 2.05) is 18.2 Å². The largest absolute Gasteiger partial charge is 0.412 e. The third kappa shape index (κ3) is 3.20. The molecule has 0 aromatic heterocycles.